The zero-order chi connectivity index (χ0) is 17.8. The minimum atomic E-state index is -0.270. The van der Waals surface area contributed by atoms with Crippen LogP contribution in [0.2, 0.25) is 5.02 Å². The van der Waals surface area contributed by atoms with Gasteiger partial charge in [0.1, 0.15) is 0 Å². The molecule has 3 rings (SSSR count). The first-order valence-corrected chi connectivity index (χ1v) is 8.54. The lowest BCUT2D eigenvalue weighted by atomic mass is 10.1. The molecule has 0 bridgehead atoms. The third kappa shape index (κ3) is 4.00. The quantitative estimate of drug-likeness (QED) is 0.652. The fraction of sp³-hybridized carbons (Fsp3) is 0.353. The summed E-state index contributed by atoms with van der Waals surface area (Å²) in [5.41, 5.74) is 3.79. The molecule has 2 aromatic rings. The third-order valence-electron chi connectivity index (χ3n) is 4.20. The van der Waals surface area contributed by atoms with Crippen molar-refractivity contribution in [3.05, 3.63) is 45.7 Å². The zero-order valence-corrected chi connectivity index (χ0v) is 14.7. The molecule has 1 aromatic heterocycles. The van der Waals surface area contributed by atoms with Crippen LogP contribution in [0, 0.1) is 6.92 Å². The van der Waals surface area contributed by atoms with Crippen LogP contribution in [-0.4, -0.2) is 35.1 Å². The molecule has 1 aromatic carbocycles. The summed E-state index contributed by atoms with van der Waals surface area (Å²) in [5, 5.41) is 16.4. The molecule has 0 saturated carbocycles. The molecule has 0 aliphatic carbocycles. The van der Waals surface area contributed by atoms with Crippen molar-refractivity contribution in [2.24, 2.45) is 0 Å². The second-order valence-corrected chi connectivity index (χ2v) is 6.33. The van der Waals surface area contributed by atoms with E-state index in [1.807, 2.05) is 6.92 Å². The van der Waals surface area contributed by atoms with Crippen molar-refractivity contribution in [2.75, 3.05) is 18.4 Å². The van der Waals surface area contributed by atoms with Crippen LogP contribution in [0.5, 0.6) is 0 Å². The minimum Gasteiger partial charge on any atom is -0.350 e. The van der Waals surface area contributed by atoms with Gasteiger partial charge < -0.3 is 16.0 Å². The van der Waals surface area contributed by atoms with Gasteiger partial charge in [-0.05, 0) is 24.6 Å². The molecule has 1 aliphatic rings. The average Bonchev–Trinajstić information content (AvgIpc) is 3.03. The van der Waals surface area contributed by atoms with Crippen molar-refractivity contribution in [3.63, 3.8) is 0 Å². The van der Waals surface area contributed by atoms with Crippen LogP contribution >= 0.6 is 11.6 Å². The summed E-state index contributed by atoms with van der Waals surface area (Å²) in [6.45, 7) is 3.58. The van der Waals surface area contributed by atoms with Crippen molar-refractivity contribution in [1.82, 2.24) is 20.8 Å². The molecule has 2 amide bonds. The highest BCUT2D eigenvalue weighted by Gasteiger charge is 2.21. The van der Waals surface area contributed by atoms with Crippen LogP contribution < -0.4 is 16.0 Å². The standard InChI is InChI=1S/C17H20ClN5O2/c1-10-12(18)3-2-4-13(10)21-15(24)6-8-20-17(25)16-11-9-19-7-5-14(11)22-23-16/h2-4,19H,5-9H2,1H3,(H,20,25)(H,21,24)(H,22,23). The van der Waals surface area contributed by atoms with Gasteiger partial charge in [-0.3, -0.25) is 14.7 Å². The Morgan fingerprint density at radius 2 is 2.20 bits per heavy atom. The molecular formula is C17H20ClN5O2. The lowest BCUT2D eigenvalue weighted by Crippen LogP contribution is -2.30. The number of hydrogen-bond acceptors (Lipinski definition) is 4. The van der Waals surface area contributed by atoms with Gasteiger partial charge in [0.25, 0.3) is 5.91 Å². The van der Waals surface area contributed by atoms with Crippen molar-refractivity contribution in [1.29, 1.82) is 0 Å². The molecule has 8 heteroatoms. The molecule has 0 unspecified atom stereocenters. The predicted molar refractivity (Wildman–Crippen MR) is 95.8 cm³/mol. The molecule has 132 valence electrons. The Kier molecular flexibility index (Phi) is 5.35. The van der Waals surface area contributed by atoms with E-state index in [1.165, 1.54) is 0 Å². The molecule has 0 fully saturated rings. The number of nitrogens with zero attached hydrogens (tertiary/aromatic N) is 1. The summed E-state index contributed by atoms with van der Waals surface area (Å²) >= 11 is 6.03. The Morgan fingerprint density at radius 3 is 3.04 bits per heavy atom. The molecule has 7 nitrogen and oxygen atoms in total. The van der Waals surface area contributed by atoms with Gasteiger partial charge in [0.15, 0.2) is 5.69 Å². The van der Waals surface area contributed by atoms with Gasteiger partial charge in [-0.15, -0.1) is 0 Å². The maximum atomic E-state index is 12.2. The number of amides is 2. The topological polar surface area (TPSA) is 98.9 Å². The van der Waals surface area contributed by atoms with Crippen LogP contribution in [0.25, 0.3) is 0 Å². The first-order chi connectivity index (χ1) is 12.1. The van der Waals surface area contributed by atoms with E-state index in [0.29, 0.717) is 22.9 Å². The molecule has 0 saturated heterocycles. The van der Waals surface area contributed by atoms with Crippen LogP contribution in [0.1, 0.15) is 33.7 Å². The third-order valence-corrected chi connectivity index (χ3v) is 4.61. The van der Waals surface area contributed by atoms with Crippen LogP contribution in [-0.2, 0) is 17.8 Å². The molecule has 1 aliphatic heterocycles. The number of anilines is 1. The molecular weight excluding hydrogens is 342 g/mol. The fourth-order valence-electron chi connectivity index (χ4n) is 2.74. The zero-order valence-electron chi connectivity index (χ0n) is 13.9. The Labute approximate surface area is 150 Å². The summed E-state index contributed by atoms with van der Waals surface area (Å²) in [7, 11) is 0. The highest BCUT2D eigenvalue weighted by atomic mass is 35.5. The SMILES string of the molecule is Cc1c(Cl)cccc1NC(=O)CCNC(=O)c1n[nH]c2c1CNCC2. The lowest BCUT2D eigenvalue weighted by Gasteiger charge is -2.13. The fourth-order valence-corrected chi connectivity index (χ4v) is 2.92. The maximum absolute atomic E-state index is 12.2. The molecule has 0 radical (unpaired) electrons. The van der Waals surface area contributed by atoms with Crippen molar-refractivity contribution < 1.29 is 9.59 Å². The van der Waals surface area contributed by atoms with Gasteiger partial charge in [0, 0.05) is 54.4 Å². The number of rotatable bonds is 5. The van der Waals surface area contributed by atoms with Gasteiger partial charge in [0.05, 0.1) is 0 Å². The van der Waals surface area contributed by atoms with E-state index < -0.39 is 0 Å². The molecule has 4 N–H and O–H groups in total. The molecule has 2 heterocycles. The summed E-state index contributed by atoms with van der Waals surface area (Å²) < 4.78 is 0. The van der Waals surface area contributed by atoms with Crippen molar-refractivity contribution >= 4 is 29.1 Å². The predicted octanol–water partition coefficient (Wildman–Crippen LogP) is 1.78. The number of carbonyl (C=O) groups is 2. The highest BCUT2D eigenvalue weighted by Crippen LogP contribution is 2.22. The van der Waals surface area contributed by atoms with Crippen molar-refractivity contribution in [2.45, 2.75) is 26.3 Å². The summed E-state index contributed by atoms with van der Waals surface area (Å²) in [6.07, 6.45) is 1.000. The smallest absolute Gasteiger partial charge is 0.272 e. The van der Waals surface area contributed by atoms with Gasteiger partial charge in [-0.1, -0.05) is 17.7 Å². The Morgan fingerprint density at radius 1 is 1.36 bits per heavy atom. The minimum absolute atomic E-state index is 0.169. The number of fused-ring (bicyclic) bond motifs is 1. The number of halogens is 1. The lowest BCUT2D eigenvalue weighted by molar-refractivity contribution is -0.116. The van der Waals surface area contributed by atoms with Crippen molar-refractivity contribution in [3.8, 4) is 0 Å². The maximum Gasteiger partial charge on any atom is 0.272 e. The first-order valence-electron chi connectivity index (χ1n) is 8.16. The Bertz CT molecular complexity index is 802. The van der Waals surface area contributed by atoms with Crippen LogP contribution in [0.4, 0.5) is 5.69 Å². The summed E-state index contributed by atoms with van der Waals surface area (Å²) in [4.78, 5) is 24.3. The van der Waals surface area contributed by atoms with E-state index in [-0.39, 0.29) is 24.8 Å². The number of aromatic amines is 1. The van der Waals surface area contributed by atoms with E-state index in [9.17, 15) is 9.59 Å². The van der Waals surface area contributed by atoms with E-state index in [4.69, 9.17) is 11.6 Å². The molecule has 0 atom stereocenters. The monoisotopic (exact) mass is 361 g/mol. The Balaban J connectivity index is 1.51. The number of aromatic nitrogens is 2. The largest absolute Gasteiger partial charge is 0.350 e. The number of H-pyrrole nitrogens is 1. The summed E-state index contributed by atoms with van der Waals surface area (Å²) in [5.74, 6) is -0.454. The van der Waals surface area contributed by atoms with E-state index in [2.05, 4.69) is 26.1 Å². The van der Waals surface area contributed by atoms with Crippen LogP contribution in [0.15, 0.2) is 18.2 Å². The van der Waals surface area contributed by atoms with E-state index in [0.717, 1.165) is 29.8 Å². The second kappa shape index (κ2) is 7.67. The van der Waals surface area contributed by atoms with Gasteiger partial charge in [-0.2, -0.15) is 5.10 Å². The number of nitrogens with one attached hydrogen (secondary N) is 4. The van der Waals surface area contributed by atoms with E-state index in [1.54, 1.807) is 18.2 Å². The van der Waals surface area contributed by atoms with Gasteiger partial charge >= 0.3 is 0 Å². The van der Waals surface area contributed by atoms with E-state index >= 15 is 0 Å². The van der Waals surface area contributed by atoms with Gasteiger partial charge in [-0.25, -0.2) is 0 Å². The number of benzene rings is 1. The van der Waals surface area contributed by atoms with Crippen LogP contribution in [0.3, 0.4) is 0 Å². The van der Waals surface area contributed by atoms with Gasteiger partial charge in [0.2, 0.25) is 5.91 Å². The highest BCUT2D eigenvalue weighted by molar-refractivity contribution is 6.31. The molecule has 25 heavy (non-hydrogen) atoms. The number of carbonyl (C=O) groups excluding carboxylic acids is 2. The summed E-state index contributed by atoms with van der Waals surface area (Å²) in [6, 6.07) is 5.34. The second-order valence-electron chi connectivity index (χ2n) is 5.92. The molecule has 0 spiro atoms. The first kappa shape index (κ1) is 17.4. The average molecular weight is 362 g/mol. The number of hydrogen-bond donors (Lipinski definition) is 4. The normalized spacial score (nSPS) is 13.2. The Hall–Kier alpha value is -2.38.